The molecule has 0 unspecified atom stereocenters. The summed E-state index contributed by atoms with van der Waals surface area (Å²) in [5, 5.41) is 12.8. The van der Waals surface area contributed by atoms with Crippen molar-refractivity contribution >= 4 is 29.3 Å². The Hall–Kier alpha value is -3.75. The van der Waals surface area contributed by atoms with Gasteiger partial charge in [-0.25, -0.2) is 0 Å². The molecule has 0 saturated heterocycles. The molecule has 0 aliphatic carbocycles. The minimum Gasteiger partial charge on any atom is -0.497 e. The number of nitrogens with zero attached hydrogens (tertiary/aromatic N) is 1. The average Bonchev–Trinajstić information content (AvgIpc) is 2.78. The fraction of sp³-hybridized carbons (Fsp3) is 0.120. The lowest BCUT2D eigenvalue weighted by molar-refractivity contribution is -0.112. The van der Waals surface area contributed by atoms with E-state index < -0.39 is 5.91 Å². The van der Waals surface area contributed by atoms with Crippen LogP contribution in [-0.2, 0) is 11.4 Å². The zero-order valence-electron chi connectivity index (χ0n) is 17.2. The topological polar surface area (TPSA) is 71.3 Å². The Morgan fingerprint density at radius 3 is 2.58 bits per heavy atom. The summed E-state index contributed by atoms with van der Waals surface area (Å²) in [5.74, 6) is 0.596. The fourth-order valence-corrected chi connectivity index (χ4v) is 3.01. The van der Waals surface area contributed by atoms with E-state index in [-0.39, 0.29) is 5.57 Å². The van der Waals surface area contributed by atoms with E-state index in [0.29, 0.717) is 34.4 Å². The highest BCUT2D eigenvalue weighted by molar-refractivity contribution is 6.30. The number of carbonyl (C=O) groups is 1. The maximum Gasteiger partial charge on any atom is 0.266 e. The summed E-state index contributed by atoms with van der Waals surface area (Å²) in [6.45, 7) is 2.36. The average molecular weight is 433 g/mol. The maximum atomic E-state index is 12.6. The van der Waals surface area contributed by atoms with Gasteiger partial charge in [-0.3, -0.25) is 4.79 Å². The molecule has 3 rings (SSSR count). The maximum absolute atomic E-state index is 12.6. The van der Waals surface area contributed by atoms with Crippen LogP contribution in [-0.4, -0.2) is 13.0 Å². The molecular weight excluding hydrogens is 412 g/mol. The second kappa shape index (κ2) is 10.3. The lowest BCUT2D eigenvalue weighted by Crippen LogP contribution is -2.13. The van der Waals surface area contributed by atoms with Gasteiger partial charge >= 0.3 is 0 Å². The number of ether oxygens (including phenoxy) is 2. The smallest absolute Gasteiger partial charge is 0.266 e. The summed E-state index contributed by atoms with van der Waals surface area (Å²) < 4.78 is 11.3. The molecule has 3 aromatic rings. The normalized spacial score (nSPS) is 10.8. The summed E-state index contributed by atoms with van der Waals surface area (Å²) in [5.41, 5.74) is 3.23. The molecule has 3 aromatic carbocycles. The summed E-state index contributed by atoms with van der Waals surface area (Å²) in [6, 6.07) is 21.8. The number of hydrogen-bond acceptors (Lipinski definition) is 4. The predicted octanol–water partition coefficient (Wildman–Crippen LogP) is 5.78. The lowest BCUT2D eigenvalue weighted by atomic mass is 10.1. The first-order chi connectivity index (χ1) is 15.0. The van der Waals surface area contributed by atoms with Crippen molar-refractivity contribution in [1.29, 1.82) is 5.26 Å². The van der Waals surface area contributed by atoms with Crippen LogP contribution in [0.15, 0.2) is 72.3 Å². The Labute approximate surface area is 186 Å². The van der Waals surface area contributed by atoms with Crippen LogP contribution in [0.25, 0.3) is 6.08 Å². The van der Waals surface area contributed by atoms with E-state index in [2.05, 4.69) is 5.32 Å². The molecule has 31 heavy (non-hydrogen) atoms. The summed E-state index contributed by atoms with van der Waals surface area (Å²) >= 11 is 5.87. The van der Waals surface area contributed by atoms with Crippen LogP contribution in [0, 0.1) is 18.3 Å². The molecule has 0 spiro atoms. The number of nitrogens with one attached hydrogen (secondary N) is 1. The molecule has 0 atom stereocenters. The third kappa shape index (κ3) is 6.11. The van der Waals surface area contributed by atoms with Crippen LogP contribution in [0.2, 0.25) is 5.02 Å². The Kier molecular flexibility index (Phi) is 7.31. The van der Waals surface area contributed by atoms with Crippen molar-refractivity contribution in [2.24, 2.45) is 0 Å². The summed E-state index contributed by atoms with van der Waals surface area (Å²) in [7, 11) is 1.56. The molecule has 0 fully saturated rings. The van der Waals surface area contributed by atoms with Gasteiger partial charge in [0.2, 0.25) is 0 Å². The second-order valence-corrected chi connectivity index (χ2v) is 7.25. The third-order valence-corrected chi connectivity index (χ3v) is 4.72. The Balaban J connectivity index is 1.85. The number of benzene rings is 3. The fourth-order valence-electron chi connectivity index (χ4n) is 2.88. The first-order valence-corrected chi connectivity index (χ1v) is 9.91. The van der Waals surface area contributed by atoms with E-state index in [1.54, 1.807) is 49.6 Å². The highest BCUT2D eigenvalue weighted by atomic mass is 35.5. The van der Waals surface area contributed by atoms with Crippen molar-refractivity contribution in [2.75, 3.05) is 12.4 Å². The number of nitriles is 1. The van der Waals surface area contributed by atoms with Crippen molar-refractivity contribution in [1.82, 2.24) is 0 Å². The number of rotatable bonds is 7. The molecule has 0 bridgehead atoms. The Morgan fingerprint density at radius 2 is 1.90 bits per heavy atom. The lowest BCUT2D eigenvalue weighted by Gasteiger charge is -2.12. The van der Waals surface area contributed by atoms with Gasteiger partial charge in [0.25, 0.3) is 5.91 Å². The molecule has 0 radical (unpaired) electrons. The van der Waals surface area contributed by atoms with Crippen LogP contribution in [0.3, 0.4) is 0 Å². The van der Waals surface area contributed by atoms with Crippen LogP contribution in [0.5, 0.6) is 11.5 Å². The molecule has 0 aliphatic heterocycles. The van der Waals surface area contributed by atoms with Gasteiger partial charge in [0, 0.05) is 22.3 Å². The van der Waals surface area contributed by atoms with Crippen molar-refractivity contribution in [3.63, 3.8) is 0 Å². The second-order valence-electron chi connectivity index (χ2n) is 6.81. The molecule has 156 valence electrons. The van der Waals surface area contributed by atoms with Crippen LogP contribution in [0.1, 0.15) is 16.7 Å². The highest BCUT2D eigenvalue weighted by Gasteiger charge is 2.12. The molecule has 0 heterocycles. The highest BCUT2D eigenvalue weighted by Crippen LogP contribution is 2.28. The minimum atomic E-state index is -0.523. The van der Waals surface area contributed by atoms with E-state index in [4.69, 9.17) is 21.1 Å². The van der Waals surface area contributed by atoms with E-state index in [1.165, 1.54) is 6.08 Å². The van der Waals surface area contributed by atoms with Gasteiger partial charge in [-0.15, -0.1) is 0 Å². The predicted molar refractivity (Wildman–Crippen MR) is 122 cm³/mol. The van der Waals surface area contributed by atoms with Crippen LogP contribution < -0.4 is 14.8 Å². The number of anilines is 1. The number of aryl methyl sites for hydroxylation is 1. The minimum absolute atomic E-state index is 0.0551. The monoisotopic (exact) mass is 432 g/mol. The number of carbonyl (C=O) groups excluding carboxylic acids is 1. The number of methoxy groups -OCH3 is 1. The van der Waals surface area contributed by atoms with Crippen LogP contribution in [0.4, 0.5) is 5.69 Å². The van der Waals surface area contributed by atoms with E-state index in [0.717, 1.165) is 11.1 Å². The Bertz CT molecular complexity index is 1150. The van der Waals surface area contributed by atoms with Gasteiger partial charge in [-0.1, -0.05) is 41.4 Å². The SMILES string of the molecule is COc1ccc(/C=C(\C#N)C(=O)Nc2ccc(Cl)cc2)c(OCc2cccc(C)c2)c1. The molecule has 1 N–H and O–H groups in total. The number of halogens is 1. The molecule has 6 heteroatoms. The summed E-state index contributed by atoms with van der Waals surface area (Å²) in [4.78, 5) is 12.6. The van der Waals surface area contributed by atoms with Crippen molar-refractivity contribution in [2.45, 2.75) is 13.5 Å². The van der Waals surface area contributed by atoms with Crippen molar-refractivity contribution in [3.05, 3.63) is 94.0 Å². The first kappa shape index (κ1) is 21.9. The third-order valence-electron chi connectivity index (χ3n) is 4.46. The molecule has 0 aliphatic rings. The molecule has 1 amide bonds. The first-order valence-electron chi connectivity index (χ1n) is 9.53. The van der Waals surface area contributed by atoms with Gasteiger partial charge < -0.3 is 14.8 Å². The number of amides is 1. The van der Waals surface area contributed by atoms with Gasteiger partial charge in [-0.05, 0) is 55.0 Å². The quantitative estimate of drug-likeness (QED) is 0.379. The number of hydrogen-bond donors (Lipinski definition) is 1. The van der Waals surface area contributed by atoms with Gasteiger partial charge in [0.05, 0.1) is 7.11 Å². The zero-order chi connectivity index (χ0) is 22.2. The van der Waals surface area contributed by atoms with E-state index >= 15 is 0 Å². The molecule has 5 nitrogen and oxygen atoms in total. The summed E-state index contributed by atoms with van der Waals surface area (Å²) in [6.07, 6.45) is 1.50. The van der Waals surface area contributed by atoms with E-state index in [9.17, 15) is 10.1 Å². The molecule has 0 saturated carbocycles. The zero-order valence-corrected chi connectivity index (χ0v) is 17.9. The van der Waals surface area contributed by atoms with Crippen molar-refractivity contribution in [3.8, 4) is 17.6 Å². The van der Waals surface area contributed by atoms with Gasteiger partial charge in [0.1, 0.15) is 29.7 Å². The standard InChI is InChI=1S/C25H21ClN2O3/c1-17-4-3-5-18(12-17)16-31-24-14-23(30-2)11-6-19(24)13-20(15-27)25(29)28-22-9-7-21(26)8-10-22/h3-14H,16H2,1-2H3,(H,28,29)/b20-13+. The van der Waals surface area contributed by atoms with Gasteiger partial charge in [-0.2, -0.15) is 5.26 Å². The Morgan fingerprint density at radius 1 is 1.13 bits per heavy atom. The molecule has 0 aromatic heterocycles. The van der Waals surface area contributed by atoms with Crippen LogP contribution >= 0.6 is 11.6 Å². The van der Waals surface area contributed by atoms with Crippen molar-refractivity contribution < 1.29 is 14.3 Å². The van der Waals surface area contributed by atoms with Gasteiger partial charge in [0.15, 0.2) is 0 Å². The molecular formula is C25H21ClN2O3. The largest absolute Gasteiger partial charge is 0.497 e. The van der Waals surface area contributed by atoms with E-state index in [1.807, 2.05) is 37.3 Å².